The zero-order chi connectivity index (χ0) is 13.7. The first-order valence-corrected chi connectivity index (χ1v) is 8.29. The average Bonchev–Trinajstić information content (AvgIpc) is 2.42. The predicted octanol–water partition coefficient (Wildman–Crippen LogP) is 4.90. The Kier molecular flexibility index (Phi) is 5.67. The first kappa shape index (κ1) is 14.8. The maximum absolute atomic E-state index is 12.0. The maximum Gasteiger partial charge on any atom is 0.224 e. The summed E-state index contributed by atoms with van der Waals surface area (Å²) in [4.78, 5) is 12.0. The van der Waals surface area contributed by atoms with Crippen LogP contribution in [-0.2, 0) is 4.79 Å². The van der Waals surface area contributed by atoms with Crippen LogP contribution in [0.4, 0.5) is 5.69 Å². The van der Waals surface area contributed by atoms with Crippen molar-refractivity contribution in [2.45, 2.75) is 51.9 Å². The van der Waals surface area contributed by atoms with Crippen molar-refractivity contribution in [2.75, 3.05) is 5.32 Å². The van der Waals surface area contributed by atoms with Crippen molar-refractivity contribution in [1.82, 2.24) is 0 Å². The smallest absolute Gasteiger partial charge is 0.224 e. The fraction of sp³-hybridized carbons (Fsp3) is 0.562. The van der Waals surface area contributed by atoms with Crippen molar-refractivity contribution in [3.05, 3.63) is 27.3 Å². The SMILES string of the molecule is Cc1ccc(I)cc1NC(=O)CCC1CCCCC1. The molecule has 0 spiro atoms. The summed E-state index contributed by atoms with van der Waals surface area (Å²) >= 11 is 2.27. The molecule has 1 fully saturated rings. The number of amides is 1. The van der Waals surface area contributed by atoms with Crippen LogP contribution in [0.15, 0.2) is 18.2 Å². The number of benzene rings is 1. The standard InChI is InChI=1S/C16H22INO/c1-12-7-9-14(17)11-15(12)18-16(19)10-8-13-5-3-2-4-6-13/h7,9,11,13H,2-6,8,10H2,1H3,(H,18,19). The number of nitrogens with one attached hydrogen (secondary N) is 1. The number of anilines is 1. The van der Waals surface area contributed by atoms with Gasteiger partial charge in [0.15, 0.2) is 0 Å². The third-order valence-corrected chi connectivity index (χ3v) is 4.65. The average molecular weight is 371 g/mol. The summed E-state index contributed by atoms with van der Waals surface area (Å²) in [5.74, 6) is 0.937. The molecule has 0 atom stereocenters. The molecule has 1 amide bonds. The van der Waals surface area contributed by atoms with Gasteiger partial charge in [0.1, 0.15) is 0 Å². The molecule has 104 valence electrons. The monoisotopic (exact) mass is 371 g/mol. The highest BCUT2D eigenvalue weighted by Gasteiger charge is 2.15. The minimum atomic E-state index is 0.163. The molecule has 1 N–H and O–H groups in total. The molecular weight excluding hydrogens is 349 g/mol. The van der Waals surface area contributed by atoms with E-state index < -0.39 is 0 Å². The van der Waals surface area contributed by atoms with Gasteiger partial charge in [0.2, 0.25) is 5.91 Å². The van der Waals surface area contributed by atoms with Gasteiger partial charge in [0.05, 0.1) is 0 Å². The van der Waals surface area contributed by atoms with Gasteiger partial charge in [0.25, 0.3) is 0 Å². The Bertz CT molecular complexity index is 438. The topological polar surface area (TPSA) is 29.1 Å². The van der Waals surface area contributed by atoms with Gasteiger partial charge in [-0.1, -0.05) is 38.2 Å². The quantitative estimate of drug-likeness (QED) is 0.750. The Balaban J connectivity index is 1.81. The van der Waals surface area contributed by atoms with E-state index in [0.717, 1.165) is 27.2 Å². The highest BCUT2D eigenvalue weighted by atomic mass is 127. The summed E-state index contributed by atoms with van der Waals surface area (Å²) in [5, 5.41) is 3.05. The van der Waals surface area contributed by atoms with Gasteiger partial charge in [-0.2, -0.15) is 0 Å². The molecule has 1 aliphatic rings. The van der Waals surface area contributed by atoms with Gasteiger partial charge in [-0.05, 0) is 59.5 Å². The van der Waals surface area contributed by atoms with Crippen molar-refractivity contribution < 1.29 is 4.79 Å². The van der Waals surface area contributed by atoms with Gasteiger partial charge < -0.3 is 5.32 Å². The lowest BCUT2D eigenvalue weighted by Crippen LogP contribution is -2.15. The third kappa shape index (κ3) is 4.79. The van der Waals surface area contributed by atoms with Crippen LogP contribution in [0.3, 0.4) is 0 Å². The first-order chi connectivity index (χ1) is 9.15. The second-order valence-corrected chi connectivity index (χ2v) is 6.80. The van der Waals surface area contributed by atoms with Crippen LogP contribution in [0.25, 0.3) is 0 Å². The van der Waals surface area contributed by atoms with Crippen molar-refractivity contribution >= 4 is 34.2 Å². The predicted molar refractivity (Wildman–Crippen MR) is 88.3 cm³/mol. The van der Waals surface area contributed by atoms with Crippen LogP contribution in [0.2, 0.25) is 0 Å². The molecule has 0 aliphatic heterocycles. The molecule has 2 rings (SSSR count). The van der Waals surface area contributed by atoms with Crippen molar-refractivity contribution in [3.63, 3.8) is 0 Å². The van der Waals surface area contributed by atoms with E-state index in [-0.39, 0.29) is 5.91 Å². The third-order valence-electron chi connectivity index (χ3n) is 3.98. The summed E-state index contributed by atoms with van der Waals surface area (Å²) in [7, 11) is 0. The maximum atomic E-state index is 12.0. The van der Waals surface area contributed by atoms with Gasteiger partial charge in [-0.15, -0.1) is 0 Å². The molecule has 1 aromatic carbocycles. The molecule has 0 heterocycles. The lowest BCUT2D eigenvalue weighted by atomic mass is 9.86. The normalized spacial score (nSPS) is 16.3. The molecule has 19 heavy (non-hydrogen) atoms. The molecule has 0 radical (unpaired) electrons. The van der Waals surface area contributed by atoms with Crippen LogP contribution < -0.4 is 5.32 Å². The van der Waals surface area contributed by atoms with E-state index in [1.165, 1.54) is 32.1 Å². The van der Waals surface area contributed by atoms with Crippen LogP contribution >= 0.6 is 22.6 Å². The molecule has 0 unspecified atom stereocenters. The summed E-state index contributed by atoms with van der Waals surface area (Å²) in [6, 6.07) is 6.15. The van der Waals surface area contributed by atoms with Crippen LogP contribution in [0, 0.1) is 16.4 Å². The van der Waals surface area contributed by atoms with E-state index in [1.54, 1.807) is 0 Å². The fourth-order valence-corrected chi connectivity index (χ4v) is 3.24. The Morgan fingerprint density at radius 2 is 2.05 bits per heavy atom. The van der Waals surface area contributed by atoms with Crippen LogP contribution in [0.1, 0.15) is 50.5 Å². The Hall–Kier alpha value is -0.580. The lowest BCUT2D eigenvalue weighted by molar-refractivity contribution is -0.116. The van der Waals surface area contributed by atoms with E-state index in [0.29, 0.717) is 6.42 Å². The molecule has 0 bridgehead atoms. The highest BCUT2D eigenvalue weighted by molar-refractivity contribution is 14.1. The molecule has 1 aromatic rings. The zero-order valence-corrected chi connectivity index (χ0v) is 13.7. The number of carbonyl (C=O) groups is 1. The largest absolute Gasteiger partial charge is 0.326 e. The van der Waals surface area contributed by atoms with Gasteiger partial charge >= 0.3 is 0 Å². The summed E-state index contributed by atoms with van der Waals surface area (Å²) < 4.78 is 1.16. The first-order valence-electron chi connectivity index (χ1n) is 7.21. The summed E-state index contributed by atoms with van der Waals surface area (Å²) in [5.41, 5.74) is 2.09. The second kappa shape index (κ2) is 7.27. The minimum absolute atomic E-state index is 0.163. The second-order valence-electron chi connectivity index (χ2n) is 5.55. The Morgan fingerprint density at radius 3 is 2.79 bits per heavy atom. The van der Waals surface area contributed by atoms with E-state index in [2.05, 4.69) is 40.0 Å². The van der Waals surface area contributed by atoms with Gasteiger partial charge in [-0.3, -0.25) is 4.79 Å². The summed E-state index contributed by atoms with van der Waals surface area (Å²) in [6.45, 7) is 2.03. The minimum Gasteiger partial charge on any atom is -0.326 e. The molecule has 0 saturated heterocycles. The van der Waals surface area contributed by atoms with E-state index in [4.69, 9.17) is 0 Å². The Labute approximate surface area is 129 Å². The van der Waals surface area contributed by atoms with Gasteiger partial charge in [0, 0.05) is 15.7 Å². The van der Waals surface area contributed by atoms with E-state index in [9.17, 15) is 4.79 Å². The highest BCUT2D eigenvalue weighted by Crippen LogP contribution is 2.27. The number of carbonyl (C=O) groups excluding carboxylic acids is 1. The molecular formula is C16H22INO. The fourth-order valence-electron chi connectivity index (χ4n) is 2.75. The number of halogens is 1. The van der Waals surface area contributed by atoms with Crippen LogP contribution in [0.5, 0.6) is 0 Å². The number of hydrogen-bond acceptors (Lipinski definition) is 1. The molecule has 1 aliphatic carbocycles. The molecule has 1 saturated carbocycles. The lowest BCUT2D eigenvalue weighted by Gasteiger charge is -2.21. The molecule has 2 nitrogen and oxygen atoms in total. The molecule has 0 aromatic heterocycles. The summed E-state index contributed by atoms with van der Waals surface area (Å²) in [6.07, 6.45) is 8.42. The van der Waals surface area contributed by atoms with Gasteiger partial charge in [-0.25, -0.2) is 0 Å². The number of rotatable bonds is 4. The van der Waals surface area contributed by atoms with E-state index >= 15 is 0 Å². The van der Waals surface area contributed by atoms with Crippen molar-refractivity contribution in [2.24, 2.45) is 5.92 Å². The van der Waals surface area contributed by atoms with Crippen LogP contribution in [-0.4, -0.2) is 5.91 Å². The number of hydrogen-bond donors (Lipinski definition) is 1. The van der Waals surface area contributed by atoms with Crippen molar-refractivity contribution in [1.29, 1.82) is 0 Å². The Morgan fingerprint density at radius 1 is 1.32 bits per heavy atom. The van der Waals surface area contributed by atoms with Crippen molar-refractivity contribution in [3.8, 4) is 0 Å². The zero-order valence-electron chi connectivity index (χ0n) is 11.5. The molecule has 3 heteroatoms. The number of aryl methyl sites for hydroxylation is 1. The van der Waals surface area contributed by atoms with E-state index in [1.807, 2.05) is 13.0 Å².